The Morgan fingerprint density at radius 3 is 2.69 bits per heavy atom. The van der Waals surface area contributed by atoms with Crippen LogP contribution in [-0.4, -0.2) is 18.5 Å². The number of ether oxygens (including phenoxy) is 1. The van der Waals surface area contributed by atoms with E-state index in [0.717, 1.165) is 4.47 Å². The van der Waals surface area contributed by atoms with E-state index in [1.807, 2.05) is 5.32 Å². The number of nitrogens with one attached hydrogen (secondary N) is 1. The number of amides is 3. The van der Waals surface area contributed by atoms with Crippen LogP contribution < -0.4 is 21.5 Å². The van der Waals surface area contributed by atoms with Gasteiger partial charge in [0.1, 0.15) is 5.75 Å². The van der Waals surface area contributed by atoms with E-state index in [1.54, 1.807) is 18.2 Å². The molecular weight excluding hydrogens is 278 g/mol. The fourth-order valence-corrected chi connectivity index (χ4v) is 1.35. The monoisotopic (exact) mass is 287 g/mol. The minimum absolute atomic E-state index is 0.325. The van der Waals surface area contributed by atoms with Crippen molar-refractivity contribution in [1.82, 2.24) is 5.32 Å². The smallest absolute Gasteiger partial charge is 0.318 e. The van der Waals surface area contributed by atoms with Gasteiger partial charge in [0.05, 0.1) is 5.69 Å². The maximum absolute atomic E-state index is 11.0. The molecule has 1 aromatic carbocycles. The Labute approximate surface area is 100 Å². The highest BCUT2D eigenvalue weighted by atomic mass is 79.9. The van der Waals surface area contributed by atoms with Crippen LogP contribution in [0.25, 0.3) is 0 Å². The molecule has 0 spiro atoms. The second-order valence-corrected chi connectivity index (χ2v) is 3.80. The van der Waals surface area contributed by atoms with Gasteiger partial charge in [-0.15, -0.1) is 0 Å². The van der Waals surface area contributed by atoms with Gasteiger partial charge in [0, 0.05) is 4.47 Å². The van der Waals surface area contributed by atoms with Crippen LogP contribution in [0.5, 0.6) is 5.75 Å². The van der Waals surface area contributed by atoms with Gasteiger partial charge in [-0.3, -0.25) is 10.1 Å². The van der Waals surface area contributed by atoms with Crippen molar-refractivity contribution in [2.45, 2.75) is 0 Å². The third-order valence-corrected chi connectivity index (χ3v) is 2.09. The number of imide groups is 1. The number of rotatable bonds is 3. The van der Waals surface area contributed by atoms with E-state index >= 15 is 0 Å². The van der Waals surface area contributed by atoms with Crippen LogP contribution >= 0.6 is 15.9 Å². The molecule has 0 atom stereocenters. The van der Waals surface area contributed by atoms with Crippen LogP contribution in [0.1, 0.15) is 0 Å². The number of carbonyl (C=O) groups excluding carboxylic acids is 2. The molecule has 0 aliphatic rings. The van der Waals surface area contributed by atoms with Crippen LogP contribution in [-0.2, 0) is 4.79 Å². The predicted octanol–water partition coefficient (Wildman–Crippen LogP) is 0.605. The molecule has 0 saturated carbocycles. The lowest BCUT2D eigenvalue weighted by Gasteiger charge is -2.08. The van der Waals surface area contributed by atoms with Crippen molar-refractivity contribution in [2.24, 2.45) is 5.73 Å². The van der Waals surface area contributed by atoms with Crippen molar-refractivity contribution in [3.8, 4) is 5.75 Å². The SMILES string of the molecule is NC(=O)NC(=O)COc1ccc(Br)cc1N. The summed E-state index contributed by atoms with van der Waals surface area (Å²) < 4.78 is 5.89. The predicted molar refractivity (Wildman–Crippen MR) is 61.8 cm³/mol. The summed E-state index contributed by atoms with van der Waals surface area (Å²) in [6, 6.07) is 4.05. The molecule has 1 rings (SSSR count). The molecule has 86 valence electrons. The van der Waals surface area contributed by atoms with E-state index in [4.69, 9.17) is 16.2 Å². The summed E-state index contributed by atoms with van der Waals surface area (Å²) >= 11 is 3.23. The lowest BCUT2D eigenvalue weighted by Crippen LogP contribution is -2.38. The number of benzene rings is 1. The zero-order valence-corrected chi connectivity index (χ0v) is 9.78. The van der Waals surface area contributed by atoms with Crippen LogP contribution in [0.15, 0.2) is 22.7 Å². The maximum Gasteiger partial charge on any atom is 0.318 e. The number of hydrogen-bond donors (Lipinski definition) is 3. The Bertz CT molecular complexity index is 422. The van der Waals surface area contributed by atoms with Crippen LogP contribution in [0.3, 0.4) is 0 Å². The lowest BCUT2D eigenvalue weighted by molar-refractivity contribution is -0.121. The number of hydrogen-bond acceptors (Lipinski definition) is 4. The van der Waals surface area contributed by atoms with E-state index in [1.165, 1.54) is 0 Å². The molecule has 7 heteroatoms. The topological polar surface area (TPSA) is 107 Å². The van der Waals surface area contributed by atoms with Crippen molar-refractivity contribution in [3.05, 3.63) is 22.7 Å². The van der Waals surface area contributed by atoms with Crippen molar-refractivity contribution in [2.75, 3.05) is 12.3 Å². The van der Waals surface area contributed by atoms with E-state index in [2.05, 4.69) is 15.9 Å². The number of halogens is 1. The largest absolute Gasteiger partial charge is 0.482 e. The highest BCUT2D eigenvalue weighted by Crippen LogP contribution is 2.24. The lowest BCUT2D eigenvalue weighted by atomic mass is 10.3. The van der Waals surface area contributed by atoms with E-state index in [-0.39, 0.29) is 6.61 Å². The Kier molecular flexibility index (Phi) is 4.12. The highest BCUT2D eigenvalue weighted by molar-refractivity contribution is 9.10. The van der Waals surface area contributed by atoms with Gasteiger partial charge in [0.15, 0.2) is 6.61 Å². The summed E-state index contributed by atoms with van der Waals surface area (Å²) in [4.78, 5) is 21.4. The summed E-state index contributed by atoms with van der Waals surface area (Å²) in [6.07, 6.45) is 0. The van der Waals surface area contributed by atoms with Crippen LogP contribution in [0.2, 0.25) is 0 Å². The molecule has 16 heavy (non-hydrogen) atoms. The van der Waals surface area contributed by atoms with Crippen molar-refractivity contribution < 1.29 is 14.3 Å². The first-order valence-corrected chi connectivity index (χ1v) is 5.05. The van der Waals surface area contributed by atoms with Gasteiger partial charge in [-0.25, -0.2) is 4.79 Å². The Morgan fingerprint density at radius 1 is 1.44 bits per heavy atom. The molecule has 5 N–H and O–H groups in total. The first-order valence-electron chi connectivity index (χ1n) is 4.26. The fraction of sp³-hybridized carbons (Fsp3) is 0.111. The summed E-state index contributed by atoms with van der Waals surface area (Å²) in [5.74, 6) is -0.266. The number of nitrogens with two attached hydrogens (primary N) is 2. The standard InChI is InChI=1S/C9H10BrN3O3/c10-5-1-2-7(6(11)3-5)16-4-8(14)13-9(12)15/h1-3H,4,11H2,(H3,12,13,14,15). The molecule has 0 heterocycles. The first kappa shape index (κ1) is 12.3. The summed E-state index contributed by atoms with van der Waals surface area (Å²) in [7, 11) is 0. The normalized spacial score (nSPS) is 9.56. The van der Waals surface area contributed by atoms with Gasteiger partial charge in [0.2, 0.25) is 0 Å². The number of nitrogen functional groups attached to an aromatic ring is 1. The van der Waals surface area contributed by atoms with Gasteiger partial charge in [-0.1, -0.05) is 15.9 Å². The zero-order chi connectivity index (χ0) is 12.1. The van der Waals surface area contributed by atoms with Crippen molar-refractivity contribution in [1.29, 1.82) is 0 Å². The average Bonchev–Trinajstić information content (AvgIpc) is 2.15. The van der Waals surface area contributed by atoms with E-state index in [0.29, 0.717) is 11.4 Å². The second-order valence-electron chi connectivity index (χ2n) is 2.88. The Morgan fingerprint density at radius 2 is 2.12 bits per heavy atom. The van der Waals surface area contributed by atoms with Gasteiger partial charge in [-0.2, -0.15) is 0 Å². The first-order chi connectivity index (χ1) is 7.49. The molecule has 0 bridgehead atoms. The summed E-state index contributed by atoms with van der Waals surface area (Å²) in [5, 5.41) is 1.87. The van der Waals surface area contributed by atoms with Crippen molar-refractivity contribution >= 4 is 33.6 Å². The van der Waals surface area contributed by atoms with E-state index in [9.17, 15) is 9.59 Å². The molecule has 0 fully saturated rings. The molecule has 0 saturated heterocycles. The molecule has 0 unspecified atom stereocenters. The van der Waals surface area contributed by atoms with Gasteiger partial charge >= 0.3 is 6.03 Å². The number of anilines is 1. The molecule has 0 aromatic heterocycles. The molecular formula is C9H10BrN3O3. The number of primary amides is 1. The van der Waals surface area contributed by atoms with Gasteiger partial charge < -0.3 is 16.2 Å². The minimum atomic E-state index is -0.919. The molecule has 3 amide bonds. The number of urea groups is 1. The molecule has 0 aliphatic carbocycles. The third kappa shape index (κ3) is 3.77. The highest BCUT2D eigenvalue weighted by Gasteiger charge is 2.07. The number of carbonyl (C=O) groups is 2. The fourth-order valence-electron chi connectivity index (χ4n) is 0.968. The summed E-state index contributed by atoms with van der Waals surface area (Å²) in [6.45, 7) is -0.325. The maximum atomic E-state index is 11.0. The second kappa shape index (κ2) is 5.36. The van der Waals surface area contributed by atoms with Gasteiger partial charge in [0.25, 0.3) is 5.91 Å². The van der Waals surface area contributed by atoms with Crippen LogP contribution in [0, 0.1) is 0 Å². The Hall–Kier alpha value is -1.76. The molecule has 6 nitrogen and oxygen atoms in total. The van der Waals surface area contributed by atoms with Crippen molar-refractivity contribution in [3.63, 3.8) is 0 Å². The zero-order valence-electron chi connectivity index (χ0n) is 8.20. The third-order valence-electron chi connectivity index (χ3n) is 1.59. The Balaban J connectivity index is 2.54. The molecule has 0 aliphatic heterocycles. The van der Waals surface area contributed by atoms with Gasteiger partial charge in [-0.05, 0) is 18.2 Å². The summed E-state index contributed by atoms with van der Waals surface area (Å²) in [5.41, 5.74) is 10.8. The quantitative estimate of drug-likeness (QED) is 0.708. The molecule has 1 aromatic rings. The molecule has 0 radical (unpaired) electrons. The average molecular weight is 288 g/mol. The minimum Gasteiger partial charge on any atom is -0.482 e. The van der Waals surface area contributed by atoms with E-state index < -0.39 is 11.9 Å². The van der Waals surface area contributed by atoms with Crippen LogP contribution in [0.4, 0.5) is 10.5 Å².